The van der Waals surface area contributed by atoms with Crippen molar-refractivity contribution in [3.8, 4) is 5.75 Å². The van der Waals surface area contributed by atoms with Crippen LogP contribution in [0.15, 0.2) is 30.3 Å². The van der Waals surface area contributed by atoms with Crippen molar-refractivity contribution in [2.45, 2.75) is 26.2 Å². The lowest BCUT2D eigenvalue weighted by atomic mass is 10.1. The van der Waals surface area contributed by atoms with E-state index < -0.39 is 0 Å². The molecule has 0 radical (unpaired) electrons. The van der Waals surface area contributed by atoms with Crippen LogP contribution in [0.4, 0.5) is 0 Å². The van der Waals surface area contributed by atoms with Crippen molar-refractivity contribution < 1.29 is 9.47 Å². The standard InChI is InChI=1S/C14H18O2/c1-2-3-6-10-15-14-9-11-16-13-8-5-4-7-12(13)14/h4-5,7-9H,2-3,6,10-11H2,1H3. The van der Waals surface area contributed by atoms with Crippen molar-refractivity contribution in [3.05, 3.63) is 35.9 Å². The Morgan fingerprint density at radius 2 is 2.12 bits per heavy atom. The minimum atomic E-state index is 0.611. The van der Waals surface area contributed by atoms with Crippen LogP contribution in [-0.2, 0) is 4.74 Å². The molecule has 1 heterocycles. The average Bonchev–Trinajstić information content (AvgIpc) is 2.35. The molecule has 0 saturated carbocycles. The Bertz CT molecular complexity index is 369. The zero-order chi connectivity index (χ0) is 11.2. The van der Waals surface area contributed by atoms with Crippen LogP contribution < -0.4 is 4.74 Å². The van der Waals surface area contributed by atoms with Crippen molar-refractivity contribution >= 4 is 5.76 Å². The van der Waals surface area contributed by atoms with Crippen LogP contribution in [0.2, 0.25) is 0 Å². The summed E-state index contributed by atoms with van der Waals surface area (Å²) in [5, 5.41) is 0. The molecule has 86 valence electrons. The maximum atomic E-state index is 5.79. The minimum Gasteiger partial charge on any atom is -0.493 e. The molecule has 1 aromatic rings. The van der Waals surface area contributed by atoms with Crippen molar-refractivity contribution in [2.75, 3.05) is 13.2 Å². The molecule has 0 unspecified atom stereocenters. The van der Waals surface area contributed by atoms with E-state index in [1.54, 1.807) is 0 Å². The molecule has 0 atom stereocenters. The van der Waals surface area contributed by atoms with E-state index in [9.17, 15) is 0 Å². The molecular formula is C14H18O2. The summed E-state index contributed by atoms with van der Waals surface area (Å²) in [5.41, 5.74) is 1.07. The van der Waals surface area contributed by atoms with E-state index >= 15 is 0 Å². The monoisotopic (exact) mass is 218 g/mol. The predicted molar refractivity (Wildman–Crippen MR) is 65.4 cm³/mol. The molecule has 2 nitrogen and oxygen atoms in total. The van der Waals surface area contributed by atoms with Gasteiger partial charge in [0.2, 0.25) is 0 Å². The zero-order valence-electron chi connectivity index (χ0n) is 9.74. The first-order valence-corrected chi connectivity index (χ1v) is 5.97. The fraction of sp³-hybridized carbons (Fsp3) is 0.429. The Balaban J connectivity index is 1.97. The summed E-state index contributed by atoms with van der Waals surface area (Å²) in [7, 11) is 0. The first-order chi connectivity index (χ1) is 7.92. The van der Waals surface area contributed by atoms with Crippen LogP contribution in [0.1, 0.15) is 31.7 Å². The molecule has 0 N–H and O–H groups in total. The van der Waals surface area contributed by atoms with Gasteiger partial charge in [0.15, 0.2) is 0 Å². The molecule has 1 aromatic carbocycles. The number of ether oxygens (including phenoxy) is 2. The maximum absolute atomic E-state index is 5.79. The molecule has 1 aliphatic heterocycles. The Hall–Kier alpha value is -1.44. The summed E-state index contributed by atoms with van der Waals surface area (Å²) < 4.78 is 11.3. The topological polar surface area (TPSA) is 18.5 Å². The Kier molecular flexibility index (Phi) is 3.86. The third-order valence-corrected chi connectivity index (χ3v) is 2.67. The Morgan fingerprint density at radius 3 is 3.00 bits per heavy atom. The second kappa shape index (κ2) is 5.59. The number of benzene rings is 1. The van der Waals surface area contributed by atoms with Gasteiger partial charge in [-0.05, 0) is 24.6 Å². The molecule has 0 bridgehead atoms. The summed E-state index contributed by atoms with van der Waals surface area (Å²) in [6.45, 7) is 3.61. The van der Waals surface area contributed by atoms with E-state index in [2.05, 4.69) is 6.92 Å². The maximum Gasteiger partial charge on any atom is 0.130 e. The van der Waals surface area contributed by atoms with Gasteiger partial charge in [-0.2, -0.15) is 0 Å². The van der Waals surface area contributed by atoms with E-state index in [1.165, 1.54) is 12.8 Å². The molecule has 0 spiro atoms. The van der Waals surface area contributed by atoms with Gasteiger partial charge in [-0.15, -0.1) is 0 Å². The lowest BCUT2D eigenvalue weighted by Gasteiger charge is -2.18. The predicted octanol–water partition coefficient (Wildman–Crippen LogP) is 3.63. The summed E-state index contributed by atoms with van der Waals surface area (Å²) in [6, 6.07) is 8.02. The van der Waals surface area contributed by atoms with Crippen LogP contribution in [0.5, 0.6) is 5.75 Å². The van der Waals surface area contributed by atoms with E-state index in [0.29, 0.717) is 6.61 Å². The summed E-state index contributed by atoms with van der Waals surface area (Å²) in [5.74, 6) is 1.90. The second-order valence-corrected chi connectivity index (χ2v) is 3.93. The second-order valence-electron chi connectivity index (χ2n) is 3.93. The Morgan fingerprint density at radius 1 is 1.25 bits per heavy atom. The van der Waals surface area contributed by atoms with Crippen molar-refractivity contribution in [1.82, 2.24) is 0 Å². The van der Waals surface area contributed by atoms with Gasteiger partial charge in [0.05, 0.1) is 12.2 Å². The fourth-order valence-electron chi connectivity index (χ4n) is 1.78. The third kappa shape index (κ3) is 2.57. The molecule has 0 saturated heterocycles. The Labute approximate surface area is 96.9 Å². The number of hydrogen-bond donors (Lipinski definition) is 0. The molecule has 0 amide bonds. The van der Waals surface area contributed by atoms with Crippen molar-refractivity contribution in [1.29, 1.82) is 0 Å². The van der Waals surface area contributed by atoms with Gasteiger partial charge in [0.25, 0.3) is 0 Å². The molecule has 2 rings (SSSR count). The first-order valence-electron chi connectivity index (χ1n) is 5.97. The van der Waals surface area contributed by atoms with Gasteiger partial charge in [0, 0.05) is 0 Å². The normalized spacial score (nSPS) is 13.7. The van der Waals surface area contributed by atoms with E-state index in [-0.39, 0.29) is 0 Å². The molecule has 1 aliphatic rings. The van der Waals surface area contributed by atoms with Crippen LogP contribution in [0, 0.1) is 0 Å². The van der Waals surface area contributed by atoms with Gasteiger partial charge >= 0.3 is 0 Å². The number of unbranched alkanes of at least 4 members (excludes halogenated alkanes) is 2. The molecular weight excluding hydrogens is 200 g/mol. The van der Waals surface area contributed by atoms with Gasteiger partial charge < -0.3 is 9.47 Å². The SMILES string of the molecule is CCCCCOC1=CCOc2ccccc21. The van der Waals surface area contributed by atoms with Crippen LogP contribution in [0.25, 0.3) is 5.76 Å². The van der Waals surface area contributed by atoms with Crippen LogP contribution >= 0.6 is 0 Å². The highest BCUT2D eigenvalue weighted by molar-refractivity contribution is 5.67. The minimum absolute atomic E-state index is 0.611. The van der Waals surface area contributed by atoms with Crippen molar-refractivity contribution in [2.24, 2.45) is 0 Å². The third-order valence-electron chi connectivity index (χ3n) is 2.67. The van der Waals surface area contributed by atoms with Gasteiger partial charge in [0.1, 0.15) is 18.1 Å². The molecule has 0 aliphatic carbocycles. The molecule has 0 aromatic heterocycles. The quantitative estimate of drug-likeness (QED) is 0.703. The smallest absolute Gasteiger partial charge is 0.130 e. The molecule has 0 fully saturated rings. The number of fused-ring (bicyclic) bond motifs is 1. The number of para-hydroxylation sites is 1. The summed E-state index contributed by atoms with van der Waals surface area (Å²) >= 11 is 0. The highest BCUT2D eigenvalue weighted by atomic mass is 16.5. The van der Waals surface area contributed by atoms with E-state index in [1.807, 2.05) is 30.3 Å². The van der Waals surface area contributed by atoms with Crippen LogP contribution in [-0.4, -0.2) is 13.2 Å². The zero-order valence-corrected chi connectivity index (χ0v) is 9.74. The summed E-state index contributed by atoms with van der Waals surface area (Å²) in [4.78, 5) is 0. The molecule has 2 heteroatoms. The largest absolute Gasteiger partial charge is 0.493 e. The van der Waals surface area contributed by atoms with Gasteiger partial charge in [-0.25, -0.2) is 0 Å². The van der Waals surface area contributed by atoms with Crippen molar-refractivity contribution in [3.63, 3.8) is 0 Å². The number of hydrogen-bond acceptors (Lipinski definition) is 2. The van der Waals surface area contributed by atoms with E-state index in [4.69, 9.17) is 9.47 Å². The lowest BCUT2D eigenvalue weighted by Crippen LogP contribution is -2.07. The number of rotatable bonds is 5. The first kappa shape index (κ1) is 11.1. The average molecular weight is 218 g/mol. The fourth-order valence-corrected chi connectivity index (χ4v) is 1.78. The molecule has 16 heavy (non-hydrogen) atoms. The van der Waals surface area contributed by atoms with Gasteiger partial charge in [-0.1, -0.05) is 31.9 Å². The van der Waals surface area contributed by atoms with Gasteiger partial charge in [-0.3, -0.25) is 0 Å². The highest BCUT2D eigenvalue weighted by Gasteiger charge is 2.13. The summed E-state index contributed by atoms with van der Waals surface area (Å²) in [6.07, 6.45) is 5.58. The lowest BCUT2D eigenvalue weighted by molar-refractivity contribution is 0.255. The van der Waals surface area contributed by atoms with Crippen LogP contribution in [0.3, 0.4) is 0 Å². The highest BCUT2D eigenvalue weighted by Crippen LogP contribution is 2.30. The van der Waals surface area contributed by atoms with E-state index in [0.717, 1.165) is 30.1 Å².